The largest absolute Gasteiger partial charge is 0.481 e. The molecule has 7 heteroatoms. The number of fused-ring (bicyclic) bond motifs is 7. The number of nitrogens with zero attached hydrogens (tertiary/aromatic N) is 1. The summed E-state index contributed by atoms with van der Waals surface area (Å²) in [6.07, 6.45) is 14.4. The predicted molar refractivity (Wildman–Crippen MR) is 220 cm³/mol. The fraction of sp³-hybridized carbons (Fsp3) is 0.771. The summed E-state index contributed by atoms with van der Waals surface area (Å²) >= 11 is 0. The van der Waals surface area contributed by atoms with Crippen molar-refractivity contribution in [1.82, 2.24) is 4.90 Å². The summed E-state index contributed by atoms with van der Waals surface area (Å²) in [5, 5.41) is 20.9. The molecule has 2 amide bonds. The summed E-state index contributed by atoms with van der Waals surface area (Å²) in [4.78, 5) is 44.3. The van der Waals surface area contributed by atoms with Gasteiger partial charge in [0.05, 0.1) is 17.4 Å². The van der Waals surface area contributed by atoms with E-state index in [0.717, 1.165) is 107 Å². The number of hydrogen-bond donors (Lipinski definition) is 3. The van der Waals surface area contributed by atoms with Crippen LogP contribution >= 0.6 is 0 Å². The first-order chi connectivity index (χ1) is 26.0. The van der Waals surface area contributed by atoms with E-state index in [4.69, 9.17) is 5.73 Å². The number of hydrogen-bond acceptors (Lipinski definition) is 5. The Balaban J connectivity index is 1.36. The zero-order valence-electron chi connectivity index (χ0n) is 35.2. The third kappa shape index (κ3) is 7.08. The molecule has 306 valence electrons. The van der Waals surface area contributed by atoms with Gasteiger partial charge in [-0.2, -0.15) is 0 Å². The zero-order chi connectivity index (χ0) is 40.0. The third-order valence-corrected chi connectivity index (χ3v) is 17.7. The van der Waals surface area contributed by atoms with Crippen molar-refractivity contribution in [2.24, 2.45) is 62.4 Å². The molecule has 5 fully saturated rings. The van der Waals surface area contributed by atoms with Crippen LogP contribution in [0.4, 0.5) is 0 Å². The predicted octanol–water partition coefficient (Wildman–Crippen LogP) is 9.92. The molecule has 6 rings (SSSR count). The van der Waals surface area contributed by atoms with Gasteiger partial charge in [-0.3, -0.25) is 19.3 Å². The van der Waals surface area contributed by atoms with Gasteiger partial charge in [0.1, 0.15) is 0 Å². The van der Waals surface area contributed by atoms with Crippen LogP contribution in [0.3, 0.4) is 0 Å². The van der Waals surface area contributed by atoms with Crippen LogP contribution in [-0.2, 0) is 14.4 Å². The van der Waals surface area contributed by atoms with Crippen molar-refractivity contribution >= 4 is 17.8 Å². The highest BCUT2D eigenvalue weighted by Crippen LogP contribution is 2.77. The highest BCUT2D eigenvalue weighted by molar-refractivity contribution is 6.01. The van der Waals surface area contributed by atoms with E-state index in [2.05, 4.69) is 48.1 Å². The van der Waals surface area contributed by atoms with Crippen molar-refractivity contribution in [3.63, 3.8) is 0 Å². The van der Waals surface area contributed by atoms with E-state index in [9.17, 15) is 19.8 Å². The average molecular weight is 759 g/mol. The first kappa shape index (κ1) is 42.1. The van der Waals surface area contributed by atoms with E-state index in [1.807, 2.05) is 30.3 Å². The number of aliphatic carboxylic acids is 1. The topological polar surface area (TPSA) is 121 Å². The summed E-state index contributed by atoms with van der Waals surface area (Å²) in [6, 6.07) is 9.51. The molecule has 0 unspecified atom stereocenters. The van der Waals surface area contributed by atoms with Gasteiger partial charge < -0.3 is 15.9 Å². The molecule has 0 aromatic heterocycles. The van der Waals surface area contributed by atoms with Crippen LogP contribution in [0.5, 0.6) is 0 Å². The third-order valence-electron chi connectivity index (χ3n) is 17.7. The minimum Gasteiger partial charge on any atom is -0.481 e. The fourth-order valence-electron chi connectivity index (χ4n) is 14.6. The number of aliphatic hydroxyl groups excluding tert-OH is 1. The molecule has 5 saturated carbocycles. The standard InChI is InChI=1S/C48H74N2O5/c1-32(2)34-22-27-48(43(55)50(31-15-10-8-9-14-30-49)42(54)35(18-21-40(52)53)33-16-12-11-13-17-33)29-28-46(6)36(41(34)48)19-20-38-45(5)25-24-39(51)44(3,4)37(45)23-26-47(38,46)7/h11-13,16-17,34-39,41,51H,1,8-10,14-15,18-31,49H2,2-7H3,(H,52,53)/t34-,35+,36+,37-,38-,39-,41+,45-,46+,47+,48-/m0/s1. The highest BCUT2D eigenvalue weighted by Gasteiger charge is 2.72. The number of unbranched alkanes of at least 4 members (excludes halogenated alkanes) is 4. The van der Waals surface area contributed by atoms with Crippen molar-refractivity contribution in [3.8, 4) is 0 Å². The van der Waals surface area contributed by atoms with Crippen LogP contribution < -0.4 is 5.73 Å². The highest BCUT2D eigenvalue weighted by atomic mass is 16.4. The lowest BCUT2D eigenvalue weighted by Gasteiger charge is -2.72. The molecule has 0 saturated heterocycles. The van der Waals surface area contributed by atoms with E-state index < -0.39 is 17.3 Å². The monoisotopic (exact) mass is 759 g/mol. The second-order valence-electron chi connectivity index (χ2n) is 20.5. The Morgan fingerprint density at radius 2 is 1.53 bits per heavy atom. The van der Waals surface area contributed by atoms with E-state index in [0.29, 0.717) is 30.8 Å². The summed E-state index contributed by atoms with van der Waals surface area (Å²) < 4.78 is 0. The van der Waals surface area contributed by atoms with Crippen molar-refractivity contribution in [3.05, 3.63) is 48.0 Å². The minimum atomic E-state index is -0.934. The number of amides is 2. The van der Waals surface area contributed by atoms with Crippen molar-refractivity contribution in [1.29, 1.82) is 0 Å². The molecule has 11 atom stereocenters. The molecule has 0 heterocycles. The van der Waals surface area contributed by atoms with Crippen LogP contribution in [-0.4, -0.2) is 52.1 Å². The molecule has 0 spiro atoms. The number of allylic oxidation sites excluding steroid dienone is 1. The molecule has 1 aromatic rings. The molecule has 1 aromatic carbocycles. The number of imide groups is 1. The number of carbonyl (C=O) groups is 3. The molecule has 0 aliphatic heterocycles. The summed E-state index contributed by atoms with van der Waals surface area (Å²) in [5.74, 6) is -0.0924. The Kier molecular flexibility index (Phi) is 12.3. The number of aliphatic hydroxyl groups is 1. The van der Waals surface area contributed by atoms with Gasteiger partial charge in [-0.25, -0.2) is 0 Å². The summed E-state index contributed by atoms with van der Waals surface area (Å²) in [7, 11) is 0. The molecule has 55 heavy (non-hydrogen) atoms. The maximum Gasteiger partial charge on any atom is 0.303 e. The molecule has 0 bridgehead atoms. The van der Waals surface area contributed by atoms with E-state index in [-0.39, 0.29) is 64.3 Å². The van der Waals surface area contributed by atoms with Crippen molar-refractivity contribution < 1.29 is 24.6 Å². The van der Waals surface area contributed by atoms with Crippen molar-refractivity contribution in [2.45, 2.75) is 163 Å². The molecule has 4 N–H and O–H groups in total. The normalized spacial score (nSPS) is 38.1. The van der Waals surface area contributed by atoms with Crippen LogP contribution in [0, 0.1) is 56.7 Å². The lowest BCUT2D eigenvalue weighted by atomic mass is 9.32. The Morgan fingerprint density at radius 1 is 0.836 bits per heavy atom. The maximum absolute atomic E-state index is 15.8. The van der Waals surface area contributed by atoms with Gasteiger partial charge in [0.15, 0.2) is 0 Å². The van der Waals surface area contributed by atoms with Gasteiger partial charge in [0.2, 0.25) is 11.8 Å². The Morgan fingerprint density at radius 3 is 2.20 bits per heavy atom. The number of benzene rings is 1. The van der Waals surface area contributed by atoms with Gasteiger partial charge in [-0.05, 0) is 154 Å². The second-order valence-corrected chi connectivity index (χ2v) is 20.5. The zero-order valence-corrected chi connectivity index (χ0v) is 35.2. The van der Waals surface area contributed by atoms with Crippen molar-refractivity contribution in [2.75, 3.05) is 13.1 Å². The molecule has 7 nitrogen and oxygen atoms in total. The summed E-state index contributed by atoms with van der Waals surface area (Å²) in [6.45, 7) is 20.1. The first-order valence-corrected chi connectivity index (χ1v) is 22.2. The fourth-order valence-corrected chi connectivity index (χ4v) is 14.6. The second kappa shape index (κ2) is 16.0. The minimum absolute atomic E-state index is 0.00233. The number of carbonyl (C=O) groups excluding carboxylic acids is 2. The van der Waals surface area contributed by atoms with E-state index in [1.54, 1.807) is 4.90 Å². The number of carboxylic acids is 1. The SMILES string of the molecule is C=C(C)[C@@H]1CC[C@]2(C(=O)N(CCCCCCCN)C(=O)[C@H](CCC(=O)O)c3ccccc3)CC[C@]3(C)[C@H](CC[C@H]4[C@@]5(C)CC[C@H](O)C(C)(C)[C@@H]5CC[C@]43C)[C@@H]12. The average Bonchev–Trinajstić information content (AvgIpc) is 3.55. The van der Waals surface area contributed by atoms with Gasteiger partial charge in [-0.15, -0.1) is 0 Å². The van der Waals surface area contributed by atoms with Gasteiger partial charge in [-0.1, -0.05) is 96.4 Å². The molecular formula is C48H74N2O5. The Hall–Kier alpha value is -2.51. The maximum atomic E-state index is 15.8. The number of carboxylic acid groups (broad SMARTS) is 1. The quantitative estimate of drug-likeness (QED) is 0.128. The lowest BCUT2D eigenvalue weighted by molar-refractivity contribution is -0.247. The molecular weight excluding hydrogens is 685 g/mol. The van der Waals surface area contributed by atoms with Crippen LogP contribution in [0.2, 0.25) is 0 Å². The summed E-state index contributed by atoms with van der Waals surface area (Å²) in [5.41, 5.74) is 7.31. The Bertz CT molecular complexity index is 1570. The smallest absolute Gasteiger partial charge is 0.303 e. The van der Waals surface area contributed by atoms with Gasteiger partial charge >= 0.3 is 5.97 Å². The molecule has 0 radical (unpaired) electrons. The number of nitrogens with two attached hydrogens (primary N) is 1. The van der Waals surface area contributed by atoms with E-state index >= 15 is 4.79 Å². The number of rotatable bonds is 14. The lowest BCUT2D eigenvalue weighted by Crippen LogP contribution is -2.67. The molecule has 5 aliphatic carbocycles. The van der Waals surface area contributed by atoms with Crippen LogP contribution in [0.1, 0.15) is 162 Å². The van der Waals surface area contributed by atoms with Gasteiger partial charge in [0.25, 0.3) is 0 Å². The van der Waals surface area contributed by atoms with Gasteiger partial charge in [0, 0.05) is 13.0 Å². The Labute approximate surface area is 332 Å². The van der Waals surface area contributed by atoms with Crippen LogP contribution in [0.25, 0.3) is 0 Å². The van der Waals surface area contributed by atoms with Crippen LogP contribution in [0.15, 0.2) is 42.5 Å². The first-order valence-electron chi connectivity index (χ1n) is 22.2. The molecule has 5 aliphatic rings. The van der Waals surface area contributed by atoms with E-state index in [1.165, 1.54) is 0 Å².